The van der Waals surface area contributed by atoms with Gasteiger partial charge in [0.2, 0.25) is 0 Å². The number of benzene rings is 5. The van der Waals surface area contributed by atoms with Gasteiger partial charge in [-0.2, -0.15) is 0 Å². The van der Waals surface area contributed by atoms with E-state index in [-0.39, 0.29) is 19.1 Å². The van der Waals surface area contributed by atoms with E-state index in [9.17, 15) is 14.7 Å². The molecule has 1 amide bonds. The van der Waals surface area contributed by atoms with Gasteiger partial charge in [-0.15, -0.1) is 0 Å². The van der Waals surface area contributed by atoms with Crippen molar-refractivity contribution < 1.29 is 28.9 Å². The molecule has 0 saturated heterocycles. The Bertz CT molecular complexity index is 1690. The Morgan fingerprint density at radius 3 is 1.74 bits per heavy atom. The zero-order valence-electron chi connectivity index (χ0n) is 25.5. The van der Waals surface area contributed by atoms with E-state index in [4.69, 9.17) is 14.2 Å². The summed E-state index contributed by atoms with van der Waals surface area (Å²) >= 11 is 0. The molecule has 46 heavy (non-hydrogen) atoms. The highest BCUT2D eigenvalue weighted by Crippen LogP contribution is 2.44. The van der Waals surface area contributed by atoms with E-state index < -0.39 is 30.8 Å². The summed E-state index contributed by atoms with van der Waals surface area (Å²) in [5, 5.41) is 9.86. The van der Waals surface area contributed by atoms with Crippen LogP contribution in [0.25, 0.3) is 11.1 Å². The summed E-state index contributed by atoms with van der Waals surface area (Å²) in [4.78, 5) is 27.0. The van der Waals surface area contributed by atoms with E-state index in [0.717, 1.165) is 38.9 Å². The van der Waals surface area contributed by atoms with Crippen molar-refractivity contribution in [1.29, 1.82) is 0 Å². The van der Waals surface area contributed by atoms with Crippen LogP contribution in [-0.2, 0) is 14.3 Å². The van der Waals surface area contributed by atoms with Crippen LogP contribution >= 0.6 is 0 Å². The molecular formula is C39H35NO6. The number of hydrogen-bond acceptors (Lipinski definition) is 5. The Morgan fingerprint density at radius 1 is 0.696 bits per heavy atom. The lowest BCUT2D eigenvalue weighted by Crippen LogP contribution is -2.40. The van der Waals surface area contributed by atoms with Gasteiger partial charge in [0.25, 0.3) is 0 Å². The maximum atomic E-state index is 13.7. The molecule has 1 atom stereocenters. The molecule has 1 N–H and O–H groups in total. The zero-order valence-corrected chi connectivity index (χ0v) is 25.5. The van der Waals surface area contributed by atoms with Crippen molar-refractivity contribution in [2.24, 2.45) is 0 Å². The molecular weight excluding hydrogens is 578 g/mol. The second-order valence-electron chi connectivity index (χ2n) is 11.2. The zero-order chi connectivity index (χ0) is 31.9. The molecule has 1 aliphatic rings. The average Bonchev–Trinajstić information content (AvgIpc) is 3.42. The second kappa shape index (κ2) is 14.1. The van der Waals surface area contributed by atoms with Gasteiger partial charge in [0, 0.05) is 5.92 Å². The first-order chi connectivity index (χ1) is 22.5. The predicted octanol–water partition coefficient (Wildman–Crippen LogP) is 7.88. The molecule has 5 aromatic rings. The Morgan fingerprint density at radius 2 is 1.22 bits per heavy atom. The van der Waals surface area contributed by atoms with Crippen molar-refractivity contribution in [3.05, 3.63) is 161 Å². The lowest BCUT2D eigenvalue weighted by molar-refractivity contribution is -0.138. The number of fused-ring (bicyclic) bond motifs is 3. The second-order valence-corrected chi connectivity index (χ2v) is 11.2. The average molecular weight is 614 g/mol. The predicted molar refractivity (Wildman–Crippen MR) is 176 cm³/mol. The molecule has 6 rings (SSSR count). The van der Waals surface area contributed by atoms with Gasteiger partial charge in [-0.3, -0.25) is 9.69 Å². The monoisotopic (exact) mass is 613 g/mol. The van der Waals surface area contributed by atoms with Crippen LogP contribution in [0.3, 0.4) is 0 Å². The topological polar surface area (TPSA) is 85.3 Å². The van der Waals surface area contributed by atoms with Crippen LogP contribution in [0, 0.1) is 0 Å². The molecule has 1 unspecified atom stereocenters. The lowest BCUT2D eigenvalue weighted by atomic mass is 9.98. The standard InChI is InChI=1S/C39H35NO6/c1-44-30-22-20-27(21-23-30)36(46-38(28-12-4-2-5-13-28)29-14-6-3-7-15-29)24-40(25-37(41)42)39(43)45-26-35-33-18-10-8-16-31(33)32-17-9-11-19-34(32)35/h2-23,35-36,38H,24-26H2,1H3,(H,41,42). The van der Waals surface area contributed by atoms with Crippen LogP contribution in [0.4, 0.5) is 4.79 Å². The molecule has 0 radical (unpaired) electrons. The maximum absolute atomic E-state index is 13.7. The maximum Gasteiger partial charge on any atom is 0.410 e. The summed E-state index contributed by atoms with van der Waals surface area (Å²) in [6.45, 7) is -0.521. The third-order valence-electron chi connectivity index (χ3n) is 8.30. The number of carboxylic acids is 1. The molecule has 0 bridgehead atoms. The van der Waals surface area contributed by atoms with E-state index >= 15 is 0 Å². The van der Waals surface area contributed by atoms with Crippen molar-refractivity contribution in [2.75, 3.05) is 26.8 Å². The van der Waals surface area contributed by atoms with Crippen molar-refractivity contribution in [3.63, 3.8) is 0 Å². The van der Waals surface area contributed by atoms with E-state index in [1.165, 1.54) is 4.90 Å². The largest absolute Gasteiger partial charge is 0.497 e. The first-order valence-corrected chi connectivity index (χ1v) is 15.2. The number of aliphatic carboxylic acids is 1. The molecule has 0 aromatic heterocycles. The first-order valence-electron chi connectivity index (χ1n) is 15.2. The number of nitrogens with zero attached hydrogens (tertiary/aromatic N) is 1. The highest BCUT2D eigenvalue weighted by atomic mass is 16.6. The number of ether oxygens (including phenoxy) is 3. The van der Waals surface area contributed by atoms with Gasteiger partial charge in [0.1, 0.15) is 31.1 Å². The molecule has 5 aromatic carbocycles. The van der Waals surface area contributed by atoms with E-state index in [1.807, 2.05) is 121 Å². The van der Waals surface area contributed by atoms with Crippen LogP contribution in [0.2, 0.25) is 0 Å². The number of carbonyl (C=O) groups excluding carboxylic acids is 1. The van der Waals surface area contributed by atoms with Gasteiger partial charge in [-0.05, 0) is 51.1 Å². The number of carboxylic acid groups (broad SMARTS) is 1. The van der Waals surface area contributed by atoms with E-state index in [1.54, 1.807) is 7.11 Å². The number of hydrogen-bond donors (Lipinski definition) is 1. The van der Waals surface area contributed by atoms with Crippen molar-refractivity contribution in [2.45, 2.75) is 18.1 Å². The fourth-order valence-corrected chi connectivity index (χ4v) is 6.07. The quantitative estimate of drug-likeness (QED) is 0.154. The summed E-state index contributed by atoms with van der Waals surface area (Å²) in [7, 11) is 1.59. The normalized spacial score (nSPS) is 12.7. The Kier molecular flexibility index (Phi) is 9.41. The minimum Gasteiger partial charge on any atom is -0.497 e. The lowest BCUT2D eigenvalue weighted by Gasteiger charge is -2.30. The summed E-state index contributed by atoms with van der Waals surface area (Å²) in [5.41, 5.74) is 7.00. The van der Waals surface area contributed by atoms with Gasteiger partial charge in [-0.1, -0.05) is 121 Å². The number of methoxy groups -OCH3 is 1. The fraction of sp³-hybridized carbons (Fsp3) is 0.179. The number of rotatable bonds is 12. The van der Waals surface area contributed by atoms with E-state index in [0.29, 0.717) is 5.75 Å². The van der Waals surface area contributed by atoms with Crippen molar-refractivity contribution >= 4 is 12.1 Å². The number of carbonyl (C=O) groups is 2. The van der Waals surface area contributed by atoms with Gasteiger partial charge in [0.15, 0.2) is 0 Å². The minimum atomic E-state index is -1.15. The molecule has 7 nitrogen and oxygen atoms in total. The van der Waals surface area contributed by atoms with Crippen LogP contribution in [-0.4, -0.2) is 48.9 Å². The van der Waals surface area contributed by atoms with Crippen LogP contribution < -0.4 is 4.74 Å². The smallest absolute Gasteiger partial charge is 0.410 e. The molecule has 0 fully saturated rings. The summed E-state index contributed by atoms with van der Waals surface area (Å²) in [6, 6.07) is 43.2. The summed E-state index contributed by atoms with van der Waals surface area (Å²) in [6.07, 6.45) is -1.90. The molecule has 0 saturated carbocycles. The van der Waals surface area contributed by atoms with Crippen LogP contribution in [0.1, 0.15) is 45.9 Å². The van der Waals surface area contributed by atoms with Crippen molar-refractivity contribution in [3.8, 4) is 16.9 Å². The fourth-order valence-electron chi connectivity index (χ4n) is 6.07. The Balaban J connectivity index is 1.28. The Labute approximate surface area is 268 Å². The first kappa shape index (κ1) is 30.6. The van der Waals surface area contributed by atoms with Gasteiger partial charge >= 0.3 is 12.1 Å². The van der Waals surface area contributed by atoms with E-state index in [2.05, 4.69) is 12.1 Å². The van der Waals surface area contributed by atoms with Gasteiger partial charge in [-0.25, -0.2) is 4.79 Å². The van der Waals surface area contributed by atoms with Crippen LogP contribution in [0.15, 0.2) is 133 Å². The third-order valence-corrected chi connectivity index (χ3v) is 8.30. The molecule has 0 aliphatic heterocycles. The molecule has 1 aliphatic carbocycles. The summed E-state index contributed by atoms with van der Waals surface area (Å²) < 4.78 is 18.1. The van der Waals surface area contributed by atoms with Gasteiger partial charge < -0.3 is 19.3 Å². The molecule has 0 heterocycles. The minimum absolute atomic E-state index is 0.0501. The third kappa shape index (κ3) is 6.80. The van der Waals surface area contributed by atoms with Crippen LogP contribution in [0.5, 0.6) is 5.75 Å². The van der Waals surface area contributed by atoms with Crippen molar-refractivity contribution in [1.82, 2.24) is 4.90 Å². The number of amides is 1. The molecule has 232 valence electrons. The van der Waals surface area contributed by atoms with Gasteiger partial charge in [0.05, 0.1) is 13.7 Å². The SMILES string of the molecule is COc1ccc(C(CN(CC(=O)O)C(=O)OCC2c3ccccc3-c3ccccc32)OC(c2ccccc2)c2ccccc2)cc1. The highest BCUT2D eigenvalue weighted by Gasteiger charge is 2.32. The Hall–Kier alpha value is -5.40. The molecule has 0 spiro atoms. The molecule has 7 heteroatoms. The highest BCUT2D eigenvalue weighted by molar-refractivity contribution is 5.79. The summed E-state index contributed by atoms with van der Waals surface area (Å²) in [5.74, 6) is -0.633.